The van der Waals surface area contributed by atoms with Crippen molar-refractivity contribution >= 4 is 0 Å². The van der Waals surface area contributed by atoms with Crippen LogP contribution in [0.15, 0.2) is 0 Å². The second-order valence-electron chi connectivity index (χ2n) is 2.57. The van der Waals surface area contributed by atoms with E-state index in [-0.39, 0.29) is 0 Å². The Morgan fingerprint density at radius 2 is 1.78 bits per heavy atom. The molecule has 0 radical (unpaired) electrons. The van der Waals surface area contributed by atoms with E-state index in [0.717, 1.165) is 0 Å². The van der Waals surface area contributed by atoms with E-state index in [4.69, 9.17) is 10.2 Å². The van der Waals surface area contributed by atoms with Gasteiger partial charge in [0.1, 0.15) is 0 Å². The molecule has 0 aromatic rings. The first kappa shape index (κ1) is 8.88. The molecule has 0 aromatic heterocycles. The average molecular weight is 133 g/mol. The molecule has 0 saturated heterocycles. The van der Waals surface area contributed by atoms with Crippen LogP contribution in [0.2, 0.25) is 0 Å². The zero-order valence-electron chi connectivity index (χ0n) is 6.26. The van der Waals surface area contributed by atoms with Crippen LogP contribution in [0.1, 0.15) is 13.3 Å². The lowest BCUT2D eigenvalue weighted by atomic mass is 10.2. The number of hydrogen-bond acceptors (Lipinski definition) is 3. The van der Waals surface area contributed by atoms with Crippen molar-refractivity contribution in [1.82, 2.24) is 4.90 Å². The highest BCUT2D eigenvalue weighted by atomic mass is 16.5. The second-order valence-corrected chi connectivity index (χ2v) is 2.57. The van der Waals surface area contributed by atoms with Crippen molar-refractivity contribution in [2.45, 2.75) is 19.1 Å². The van der Waals surface area contributed by atoms with Crippen molar-refractivity contribution in [3.63, 3.8) is 0 Å². The fraction of sp³-hybridized carbons (Fsp3) is 1.00. The predicted octanol–water partition coefficient (Wildman–Crippen LogP) is -0.361. The lowest BCUT2D eigenvalue weighted by Crippen LogP contribution is -2.39. The zero-order chi connectivity index (χ0) is 7.49. The molecule has 0 aliphatic carbocycles. The fourth-order valence-corrected chi connectivity index (χ4v) is 0.618. The minimum Gasteiger partial charge on any atom is -0.365 e. The van der Waals surface area contributed by atoms with Gasteiger partial charge >= 0.3 is 0 Å². The van der Waals surface area contributed by atoms with E-state index in [2.05, 4.69) is 0 Å². The highest BCUT2D eigenvalue weighted by molar-refractivity contribution is 4.63. The van der Waals surface area contributed by atoms with Crippen molar-refractivity contribution in [3.05, 3.63) is 0 Å². The molecule has 0 fully saturated rings. The molecule has 0 rings (SSSR count). The van der Waals surface area contributed by atoms with Gasteiger partial charge in [-0.25, -0.2) is 0 Å². The maximum absolute atomic E-state index is 9.01. The maximum atomic E-state index is 9.01. The van der Waals surface area contributed by atoms with Crippen molar-refractivity contribution in [2.75, 3.05) is 20.6 Å². The minimum absolute atomic E-state index is 0.295. The molecule has 3 nitrogen and oxygen atoms in total. The number of rotatable bonds is 3. The molecule has 0 bridgehead atoms. The molecule has 56 valence electrons. The summed E-state index contributed by atoms with van der Waals surface area (Å²) in [5.74, 6) is -1.51. The van der Waals surface area contributed by atoms with Gasteiger partial charge in [0.15, 0.2) is 5.79 Å². The molecule has 0 saturated carbocycles. The van der Waals surface area contributed by atoms with Gasteiger partial charge in [-0.2, -0.15) is 0 Å². The summed E-state index contributed by atoms with van der Waals surface area (Å²) in [5.41, 5.74) is 0. The summed E-state index contributed by atoms with van der Waals surface area (Å²) >= 11 is 0. The Labute approximate surface area is 55.9 Å². The second kappa shape index (κ2) is 3.15. The standard InChI is InChI=1S/C6H15NO2/c1-4-6(8,9)5-7(2)3/h8-9H,4-5H2,1-3H3. The molecule has 0 heterocycles. The normalized spacial score (nSPS) is 12.7. The molecule has 0 aliphatic heterocycles. The number of likely N-dealkylation sites (N-methyl/N-ethyl adjacent to an activating group) is 1. The topological polar surface area (TPSA) is 43.7 Å². The van der Waals surface area contributed by atoms with Crippen LogP contribution in [0.4, 0.5) is 0 Å². The Morgan fingerprint density at radius 3 is 1.89 bits per heavy atom. The third kappa shape index (κ3) is 4.39. The maximum Gasteiger partial charge on any atom is 0.175 e. The van der Waals surface area contributed by atoms with Gasteiger partial charge in [-0.3, -0.25) is 0 Å². The largest absolute Gasteiger partial charge is 0.365 e. The van der Waals surface area contributed by atoms with Gasteiger partial charge in [0.05, 0.1) is 6.54 Å². The number of hydrogen-bond donors (Lipinski definition) is 2. The monoisotopic (exact) mass is 133 g/mol. The summed E-state index contributed by atoms with van der Waals surface area (Å²) in [6, 6.07) is 0. The Morgan fingerprint density at radius 1 is 1.33 bits per heavy atom. The molecular weight excluding hydrogens is 118 g/mol. The third-order valence-electron chi connectivity index (χ3n) is 1.14. The SMILES string of the molecule is CCC(O)(O)CN(C)C. The Kier molecular flexibility index (Phi) is 3.11. The molecule has 0 amide bonds. The average Bonchev–Trinajstić information content (AvgIpc) is 1.63. The molecule has 0 aromatic carbocycles. The molecule has 0 aliphatic rings. The first-order valence-electron chi connectivity index (χ1n) is 3.07. The van der Waals surface area contributed by atoms with E-state index in [1.165, 1.54) is 0 Å². The highest BCUT2D eigenvalue weighted by Crippen LogP contribution is 2.04. The van der Waals surface area contributed by atoms with E-state index < -0.39 is 5.79 Å². The van der Waals surface area contributed by atoms with Gasteiger partial charge in [0.2, 0.25) is 0 Å². The summed E-state index contributed by atoms with van der Waals surface area (Å²) in [6.45, 7) is 2.03. The lowest BCUT2D eigenvalue weighted by Gasteiger charge is -2.23. The zero-order valence-corrected chi connectivity index (χ0v) is 6.26. The van der Waals surface area contributed by atoms with Crippen LogP contribution < -0.4 is 0 Å². The van der Waals surface area contributed by atoms with E-state index in [1.807, 2.05) is 0 Å². The molecule has 0 atom stereocenters. The third-order valence-corrected chi connectivity index (χ3v) is 1.14. The van der Waals surface area contributed by atoms with Crippen molar-refractivity contribution in [3.8, 4) is 0 Å². The quantitative estimate of drug-likeness (QED) is 0.517. The Hall–Kier alpha value is -0.120. The molecular formula is C6H15NO2. The van der Waals surface area contributed by atoms with Gasteiger partial charge in [0.25, 0.3) is 0 Å². The summed E-state index contributed by atoms with van der Waals surface area (Å²) in [4.78, 5) is 1.74. The molecule has 0 spiro atoms. The minimum atomic E-state index is -1.51. The highest BCUT2D eigenvalue weighted by Gasteiger charge is 2.20. The fourth-order valence-electron chi connectivity index (χ4n) is 0.618. The van der Waals surface area contributed by atoms with Gasteiger partial charge in [0, 0.05) is 0 Å². The van der Waals surface area contributed by atoms with Gasteiger partial charge < -0.3 is 15.1 Å². The smallest absolute Gasteiger partial charge is 0.175 e. The van der Waals surface area contributed by atoms with Crippen molar-refractivity contribution < 1.29 is 10.2 Å². The molecule has 3 heteroatoms. The Balaban J connectivity index is 3.58. The number of aliphatic hydroxyl groups is 2. The van der Waals surface area contributed by atoms with Crippen LogP contribution in [0, 0.1) is 0 Å². The first-order valence-corrected chi connectivity index (χ1v) is 3.07. The van der Waals surface area contributed by atoms with Crippen molar-refractivity contribution in [1.29, 1.82) is 0 Å². The van der Waals surface area contributed by atoms with E-state index in [9.17, 15) is 0 Å². The number of nitrogens with zero attached hydrogens (tertiary/aromatic N) is 1. The van der Waals surface area contributed by atoms with Crippen LogP contribution in [-0.2, 0) is 0 Å². The molecule has 2 N–H and O–H groups in total. The van der Waals surface area contributed by atoms with Crippen LogP contribution in [0.3, 0.4) is 0 Å². The van der Waals surface area contributed by atoms with Crippen LogP contribution in [-0.4, -0.2) is 41.5 Å². The van der Waals surface area contributed by atoms with E-state index >= 15 is 0 Å². The summed E-state index contributed by atoms with van der Waals surface area (Å²) in [6.07, 6.45) is 0.366. The first-order chi connectivity index (χ1) is 3.98. The van der Waals surface area contributed by atoms with Gasteiger partial charge in [-0.15, -0.1) is 0 Å². The van der Waals surface area contributed by atoms with Crippen LogP contribution >= 0.6 is 0 Å². The lowest BCUT2D eigenvalue weighted by molar-refractivity contribution is -0.171. The van der Waals surface area contributed by atoms with Crippen LogP contribution in [0.25, 0.3) is 0 Å². The Bertz CT molecular complexity index is 81.1. The summed E-state index contributed by atoms with van der Waals surface area (Å²) in [7, 11) is 3.60. The van der Waals surface area contributed by atoms with Gasteiger partial charge in [-0.05, 0) is 20.5 Å². The molecule has 0 unspecified atom stereocenters. The van der Waals surface area contributed by atoms with Crippen LogP contribution in [0.5, 0.6) is 0 Å². The summed E-state index contributed by atoms with van der Waals surface area (Å²) in [5, 5.41) is 18.0. The predicted molar refractivity (Wildman–Crippen MR) is 36.0 cm³/mol. The summed E-state index contributed by atoms with van der Waals surface area (Å²) < 4.78 is 0. The van der Waals surface area contributed by atoms with E-state index in [0.29, 0.717) is 13.0 Å². The van der Waals surface area contributed by atoms with Crippen molar-refractivity contribution in [2.24, 2.45) is 0 Å². The van der Waals surface area contributed by atoms with E-state index in [1.54, 1.807) is 25.9 Å². The molecule has 9 heavy (non-hydrogen) atoms. The van der Waals surface area contributed by atoms with Gasteiger partial charge in [-0.1, -0.05) is 6.92 Å².